The van der Waals surface area contributed by atoms with Crippen LogP contribution >= 0.6 is 30.6 Å². The van der Waals surface area contributed by atoms with Gasteiger partial charge in [0.05, 0.1) is 18.1 Å². The van der Waals surface area contributed by atoms with Crippen LogP contribution in [0.15, 0.2) is 84.6 Å². The van der Waals surface area contributed by atoms with Crippen LogP contribution in [0.2, 0.25) is 10.0 Å². The molecule has 0 saturated heterocycles. The van der Waals surface area contributed by atoms with Gasteiger partial charge in [0.25, 0.3) is 0 Å². The van der Waals surface area contributed by atoms with Gasteiger partial charge in [-0.15, -0.1) is 0 Å². The fourth-order valence-electron chi connectivity index (χ4n) is 3.72. The summed E-state index contributed by atoms with van der Waals surface area (Å²) in [6, 6.07) is 20.3. The minimum atomic E-state index is -4.77. The number of hydrogen-bond donors (Lipinski definition) is 0. The summed E-state index contributed by atoms with van der Waals surface area (Å²) < 4.78 is 92.5. The summed E-state index contributed by atoms with van der Waals surface area (Å²) in [5.41, 5.74) is 2.13. The first-order chi connectivity index (χ1) is 19.6. The van der Waals surface area contributed by atoms with Gasteiger partial charge in [0, 0.05) is 23.4 Å². The molecule has 0 N–H and O–H groups in total. The summed E-state index contributed by atoms with van der Waals surface area (Å²) in [6.07, 6.45) is -4.58. The lowest BCUT2D eigenvalue weighted by Gasteiger charge is -2.19. The van der Waals surface area contributed by atoms with E-state index >= 15 is 0 Å². The molecule has 3 rings (SSSR count). The second kappa shape index (κ2) is 14.8. The van der Waals surface area contributed by atoms with Crippen molar-refractivity contribution >= 4 is 40.4 Å². The van der Waals surface area contributed by atoms with Crippen LogP contribution in [0.25, 0.3) is 0 Å². The van der Waals surface area contributed by atoms with Crippen molar-refractivity contribution < 1.29 is 40.2 Å². The predicted octanol–water partition coefficient (Wildman–Crippen LogP) is 8.14. The highest BCUT2D eigenvalue weighted by molar-refractivity contribution is 7.91. The van der Waals surface area contributed by atoms with Gasteiger partial charge in [-0.3, -0.25) is 4.57 Å². The molecule has 0 aliphatic heterocycles. The Morgan fingerprint density at radius 3 is 1.83 bits per heavy atom. The molecule has 0 aliphatic carbocycles. The van der Waals surface area contributed by atoms with E-state index in [0.717, 1.165) is 30.5 Å². The van der Waals surface area contributed by atoms with E-state index in [4.69, 9.17) is 32.7 Å². The fourth-order valence-corrected chi connectivity index (χ4v) is 5.51. The van der Waals surface area contributed by atoms with Gasteiger partial charge >= 0.3 is 6.18 Å². The number of alkyl halides is 3. The van der Waals surface area contributed by atoms with Crippen LogP contribution in [0.4, 0.5) is 13.2 Å². The molecule has 6 nitrogen and oxygen atoms in total. The summed E-state index contributed by atoms with van der Waals surface area (Å²) in [5.74, 6) is -1.43. The molecule has 3 aromatic rings. The van der Waals surface area contributed by atoms with Crippen LogP contribution in [0, 0.1) is 0 Å². The van der Waals surface area contributed by atoms with Crippen molar-refractivity contribution in [3.63, 3.8) is 0 Å². The van der Waals surface area contributed by atoms with Gasteiger partial charge in [0.2, 0.25) is 13.1 Å². The third-order valence-electron chi connectivity index (χ3n) is 5.73. The number of halogens is 5. The van der Waals surface area contributed by atoms with E-state index in [1.807, 2.05) is 24.3 Å². The van der Waals surface area contributed by atoms with E-state index in [9.17, 15) is 26.2 Å². The molecule has 13 heteroatoms. The molecule has 0 atom stereocenters. The highest BCUT2D eigenvalue weighted by Gasteiger charge is 2.37. The lowest BCUT2D eigenvalue weighted by molar-refractivity contribution is -0.116. The van der Waals surface area contributed by atoms with Crippen LogP contribution in [-0.4, -0.2) is 52.6 Å². The molecule has 42 heavy (non-hydrogen) atoms. The molecule has 0 unspecified atom stereocenters. The molecule has 228 valence electrons. The largest absolute Gasteiger partial charge is 0.493 e. The maximum absolute atomic E-state index is 13.2. The Bertz CT molecular complexity index is 1440. The van der Waals surface area contributed by atoms with Gasteiger partial charge in [-0.2, -0.15) is 13.2 Å². The smallest absolute Gasteiger partial charge is 0.449 e. The maximum atomic E-state index is 13.2. The normalized spacial score (nSPS) is 12.9. The van der Waals surface area contributed by atoms with Gasteiger partial charge in [-0.25, -0.2) is 8.42 Å². The average molecular weight is 665 g/mol. The first-order valence-corrected chi connectivity index (χ1v) is 17.8. The Balaban J connectivity index is 1.52. The van der Waals surface area contributed by atoms with Gasteiger partial charge in [0.1, 0.15) is 18.5 Å². The Morgan fingerprint density at radius 2 is 1.36 bits per heavy atom. The highest BCUT2D eigenvalue weighted by atomic mass is 35.5. The summed E-state index contributed by atoms with van der Waals surface area (Å²) in [6.45, 7) is 2.03. The summed E-state index contributed by atoms with van der Waals surface area (Å²) in [7, 11) is -6.92. The first-order valence-electron chi connectivity index (χ1n) is 12.7. The molecular formula is C29H30Cl2F3O6PS. The number of benzene rings is 3. The van der Waals surface area contributed by atoms with Gasteiger partial charge in [0.15, 0.2) is 9.84 Å². The van der Waals surface area contributed by atoms with E-state index in [0.29, 0.717) is 21.4 Å². The van der Waals surface area contributed by atoms with E-state index in [-0.39, 0.29) is 31.1 Å². The number of allylic oxidation sites excluding steroid dienone is 2. The molecule has 0 aromatic heterocycles. The third kappa shape index (κ3) is 11.7. The van der Waals surface area contributed by atoms with E-state index in [2.05, 4.69) is 4.52 Å². The van der Waals surface area contributed by atoms with Crippen molar-refractivity contribution in [3.8, 4) is 5.75 Å². The topological polar surface area (TPSA) is 78.9 Å². The summed E-state index contributed by atoms with van der Waals surface area (Å²) >= 11 is 12.0. The number of ether oxygens (including phenoxy) is 2. The van der Waals surface area contributed by atoms with E-state index in [1.165, 1.54) is 12.1 Å². The Kier molecular flexibility index (Phi) is 12.0. The van der Waals surface area contributed by atoms with Crippen molar-refractivity contribution in [2.75, 3.05) is 38.0 Å². The lowest BCUT2D eigenvalue weighted by Crippen LogP contribution is -2.21. The van der Waals surface area contributed by atoms with Gasteiger partial charge < -0.3 is 14.0 Å². The van der Waals surface area contributed by atoms with Crippen molar-refractivity contribution in [2.24, 2.45) is 0 Å². The SMILES string of the molecule is CP(C)(=O)O/C(=C\Cc1ccc(OCCS(=O)(=O)CCOC(c2ccc(Cl)cc2)c2ccc(Cl)cc2)cc1)C(F)(F)F. The molecule has 0 radical (unpaired) electrons. The van der Waals surface area contributed by atoms with Crippen LogP contribution in [0.3, 0.4) is 0 Å². The maximum Gasteiger partial charge on any atom is 0.449 e. The molecule has 0 spiro atoms. The molecule has 0 fully saturated rings. The fraction of sp³-hybridized carbons (Fsp3) is 0.310. The standard InChI is InChI=1S/C29H30Cl2F3O6PS/c1-41(2,35)40-27(29(32,33)34)16-5-21-3-14-26(15-4-21)38-17-19-42(36,37)20-18-39-28(22-6-10-24(30)11-7-22)23-8-12-25(31)13-9-23/h3-4,6-16,28H,5,17-20H2,1-2H3/b27-16-. The van der Waals surface area contributed by atoms with Crippen molar-refractivity contribution in [1.29, 1.82) is 0 Å². The van der Waals surface area contributed by atoms with Gasteiger partial charge in [-0.1, -0.05) is 59.6 Å². The summed E-state index contributed by atoms with van der Waals surface area (Å²) in [5, 5.41) is 1.13. The molecule has 0 saturated carbocycles. The number of sulfone groups is 1. The molecule has 0 aliphatic rings. The lowest BCUT2D eigenvalue weighted by atomic mass is 10.0. The van der Waals surface area contributed by atoms with Crippen LogP contribution in [0.5, 0.6) is 5.75 Å². The van der Waals surface area contributed by atoms with Crippen LogP contribution in [0.1, 0.15) is 22.8 Å². The van der Waals surface area contributed by atoms with Crippen LogP contribution in [-0.2, 0) is 30.1 Å². The Morgan fingerprint density at radius 1 is 0.857 bits per heavy atom. The minimum Gasteiger partial charge on any atom is -0.493 e. The van der Waals surface area contributed by atoms with Crippen molar-refractivity contribution in [2.45, 2.75) is 18.7 Å². The zero-order valence-electron chi connectivity index (χ0n) is 22.8. The zero-order valence-corrected chi connectivity index (χ0v) is 26.0. The zero-order chi connectivity index (χ0) is 31.0. The second-order valence-corrected chi connectivity index (χ2v) is 15.5. The van der Waals surface area contributed by atoms with E-state index < -0.39 is 35.2 Å². The number of hydrogen-bond acceptors (Lipinski definition) is 6. The van der Waals surface area contributed by atoms with Gasteiger partial charge in [-0.05, 0) is 65.6 Å². The molecule has 0 amide bonds. The average Bonchev–Trinajstić information content (AvgIpc) is 2.90. The van der Waals surface area contributed by atoms with Crippen molar-refractivity contribution in [1.82, 2.24) is 0 Å². The van der Waals surface area contributed by atoms with Crippen LogP contribution < -0.4 is 4.74 Å². The van der Waals surface area contributed by atoms with E-state index in [1.54, 1.807) is 36.4 Å². The highest BCUT2D eigenvalue weighted by Crippen LogP contribution is 2.44. The third-order valence-corrected chi connectivity index (χ3v) is 8.45. The first kappa shape index (κ1) is 34.0. The Hall–Kier alpha value is -2.49. The second-order valence-electron chi connectivity index (χ2n) is 9.61. The summed E-state index contributed by atoms with van der Waals surface area (Å²) in [4.78, 5) is 0. The Labute approximate surface area is 253 Å². The molecule has 3 aromatic carbocycles. The number of rotatable bonds is 14. The quantitative estimate of drug-likeness (QED) is 0.128. The minimum absolute atomic E-state index is 0.0599. The van der Waals surface area contributed by atoms with Crippen molar-refractivity contribution in [3.05, 3.63) is 111 Å². The predicted molar refractivity (Wildman–Crippen MR) is 160 cm³/mol. The molecule has 0 bridgehead atoms. The molecular weight excluding hydrogens is 635 g/mol. The molecule has 0 heterocycles. The monoisotopic (exact) mass is 664 g/mol.